The first-order chi connectivity index (χ1) is 14.5. The van der Waals surface area contributed by atoms with Gasteiger partial charge in [0.25, 0.3) is 5.91 Å². The number of fused-ring (bicyclic) bond motifs is 1. The van der Waals surface area contributed by atoms with Crippen molar-refractivity contribution >= 4 is 55.8 Å². The zero-order chi connectivity index (χ0) is 21.1. The third kappa shape index (κ3) is 4.53. The zero-order valence-corrected chi connectivity index (χ0v) is 17.6. The van der Waals surface area contributed by atoms with E-state index in [1.165, 1.54) is 11.3 Å². The van der Waals surface area contributed by atoms with Gasteiger partial charge in [-0.2, -0.15) is 0 Å². The lowest BCUT2D eigenvalue weighted by Crippen LogP contribution is -2.10. The van der Waals surface area contributed by atoms with Gasteiger partial charge in [-0.3, -0.25) is 9.59 Å². The van der Waals surface area contributed by atoms with E-state index in [2.05, 4.69) is 15.6 Å². The van der Waals surface area contributed by atoms with Crippen molar-refractivity contribution in [2.45, 2.75) is 19.8 Å². The molecule has 0 bridgehead atoms. The third-order valence-corrected chi connectivity index (χ3v) is 5.51. The molecular formula is C22H18ClN3O3S. The van der Waals surface area contributed by atoms with E-state index in [4.69, 9.17) is 16.0 Å². The Balaban J connectivity index is 1.47. The molecule has 0 spiro atoms. The summed E-state index contributed by atoms with van der Waals surface area (Å²) in [5, 5.41) is 6.81. The van der Waals surface area contributed by atoms with Crippen LogP contribution in [0.4, 0.5) is 10.8 Å². The first-order valence-corrected chi connectivity index (χ1v) is 10.6. The normalized spacial score (nSPS) is 10.9. The predicted molar refractivity (Wildman–Crippen MR) is 120 cm³/mol. The predicted octanol–water partition coefficient (Wildman–Crippen LogP) is 6.20. The Kier molecular flexibility index (Phi) is 5.83. The molecule has 2 aromatic carbocycles. The molecule has 4 aromatic rings. The highest BCUT2D eigenvalue weighted by Crippen LogP contribution is 2.29. The van der Waals surface area contributed by atoms with Gasteiger partial charge in [-0.1, -0.05) is 29.9 Å². The summed E-state index contributed by atoms with van der Waals surface area (Å²) in [5.74, 6) is 0.383. The molecule has 0 unspecified atom stereocenters. The summed E-state index contributed by atoms with van der Waals surface area (Å²) in [5.41, 5.74) is 2.21. The molecule has 4 rings (SSSR count). The first-order valence-electron chi connectivity index (χ1n) is 9.39. The van der Waals surface area contributed by atoms with Gasteiger partial charge < -0.3 is 15.1 Å². The number of thiazole rings is 1. The van der Waals surface area contributed by atoms with E-state index in [0.29, 0.717) is 28.0 Å². The maximum atomic E-state index is 12.6. The summed E-state index contributed by atoms with van der Waals surface area (Å²) >= 11 is 7.27. The van der Waals surface area contributed by atoms with Crippen molar-refractivity contribution in [3.05, 3.63) is 65.4 Å². The molecule has 0 fully saturated rings. The summed E-state index contributed by atoms with van der Waals surface area (Å²) in [7, 11) is 0. The van der Waals surface area contributed by atoms with Crippen molar-refractivity contribution < 1.29 is 14.0 Å². The second-order valence-electron chi connectivity index (χ2n) is 6.62. The molecule has 0 radical (unpaired) electrons. The van der Waals surface area contributed by atoms with Crippen LogP contribution in [0.2, 0.25) is 5.02 Å². The Labute approximate surface area is 181 Å². The molecule has 0 aliphatic heterocycles. The van der Waals surface area contributed by atoms with Crippen LogP contribution in [0.5, 0.6) is 0 Å². The van der Waals surface area contributed by atoms with Crippen molar-refractivity contribution in [3.8, 4) is 11.3 Å². The van der Waals surface area contributed by atoms with Gasteiger partial charge in [0, 0.05) is 22.7 Å². The first kappa shape index (κ1) is 20.1. The van der Waals surface area contributed by atoms with Crippen LogP contribution in [0.1, 0.15) is 30.3 Å². The Morgan fingerprint density at radius 3 is 2.63 bits per heavy atom. The van der Waals surface area contributed by atoms with E-state index < -0.39 is 0 Å². The number of hydrogen-bond donors (Lipinski definition) is 2. The van der Waals surface area contributed by atoms with Gasteiger partial charge in [-0.15, -0.1) is 0 Å². The van der Waals surface area contributed by atoms with Gasteiger partial charge in [0.2, 0.25) is 5.91 Å². The highest BCUT2D eigenvalue weighted by Gasteiger charge is 2.14. The SMILES string of the molecule is CCCC(=O)Nc1nc2ccc(NC(=O)c3ccc(-c4ccc(Cl)cc4)o3)cc2s1. The Morgan fingerprint density at radius 2 is 1.87 bits per heavy atom. The number of furan rings is 1. The van der Waals surface area contributed by atoms with Crippen LogP contribution in [0.25, 0.3) is 21.5 Å². The number of amides is 2. The number of anilines is 2. The molecule has 2 heterocycles. The number of nitrogens with one attached hydrogen (secondary N) is 2. The molecule has 2 amide bonds. The topological polar surface area (TPSA) is 84.2 Å². The molecule has 6 nitrogen and oxygen atoms in total. The average molecular weight is 440 g/mol. The van der Waals surface area contributed by atoms with E-state index in [0.717, 1.165) is 22.2 Å². The fraction of sp³-hybridized carbons (Fsp3) is 0.136. The van der Waals surface area contributed by atoms with Crippen LogP contribution in [-0.4, -0.2) is 16.8 Å². The monoisotopic (exact) mass is 439 g/mol. The largest absolute Gasteiger partial charge is 0.451 e. The Hall–Kier alpha value is -3.16. The van der Waals surface area contributed by atoms with Crippen LogP contribution in [0.15, 0.2) is 59.0 Å². The van der Waals surface area contributed by atoms with Crippen molar-refractivity contribution in [2.75, 3.05) is 10.6 Å². The summed E-state index contributed by atoms with van der Waals surface area (Å²) in [6.45, 7) is 1.95. The number of carbonyl (C=O) groups is 2. The average Bonchev–Trinajstić information content (AvgIpc) is 3.35. The maximum Gasteiger partial charge on any atom is 0.291 e. The number of benzene rings is 2. The Bertz CT molecular complexity index is 1210. The zero-order valence-electron chi connectivity index (χ0n) is 16.1. The van der Waals surface area contributed by atoms with Crippen molar-refractivity contribution in [1.29, 1.82) is 0 Å². The van der Waals surface area contributed by atoms with Crippen molar-refractivity contribution in [3.63, 3.8) is 0 Å². The smallest absolute Gasteiger partial charge is 0.291 e. The summed E-state index contributed by atoms with van der Waals surface area (Å²) in [4.78, 5) is 28.7. The van der Waals surface area contributed by atoms with Gasteiger partial charge in [-0.25, -0.2) is 4.98 Å². The highest BCUT2D eigenvalue weighted by atomic mass is 35.5. The summed E-state index contributed by atoms with van der Waals surface area (Å²) in [6.07, 6.45) is 1.23. The minimum atomic E-state index is -0.351. The molecule has 0 aliphatic rings. The quantitative estimate of drug-likeness (QED) is 0.374. The number of nitrogens with zero attached hydrogens (tertiary/aromatic N) is 1. The number of hydrogen-bond acceptors (Lipinski definition) is 5. The molecule has 0 saturated carbocycles. The number of rotatable bonds is 6. The second kappa shape index (κ2) is 8.69. The third-order valence-electron chi connectivity index (χ3n) is 4.33. The number of halogens is 1. The molecule has 0 saturated heterocycles. The van der Waals surface area contributed by atoms with Gasteiger partial charge in [0.05, 0.1) is 10.2 Å². The number of carbonyl (C=O) groups excluding carboxylic acids is 2. The maximum absolute atomic E-state index is 12.6. The minimum absolute atomic E-state index is 0.0561. The molecule has 2 N–H and O–H groups in total. The second-order valence-corrected chi connectivity index (χ2v) is 8.09. The molecular weight excluding hydrogens is 422 g/mol. The van der Waals surface area contributed by atoms with Gasteiger partial charge in [0.15, 0.2) is 10.9 Å². The lowest BCUT2D eigenvalue weighted by molar-refractivity contribution is -0.116. The Morgan fingerprint density at radius 1 is 1.07 bits per heavy atom. The standard InChI is InChI=1S/C22H18ClN3O3S/c1-2-3-20(27)26-22-25-16-9-8-15(12-19(16)30-22)24-21(28)18-11-10-17(29-18)13-4-6-14(23)7-5-13/h4-12H,2-3H2,1H3,(H,24,28)(H,25,26,27). The lowest BCUT2D eigenvalue weighted by Gasteiger charge is -2.03. The van der Waals surface area contributed by atoms with Crippen LogP contribution >= 0.6 is 22.9 Å². The molecule has 8 heteroatoms. The molecule has 30 heavy (non-hydrogen) atoms. The van der Waals surface area contributed by atoms with E-state index in [-0.39, 0.29) is 17.6 Å². The molecule has 0 aliphatic carbocycles. The van der Waals surface area contributed by atoms with E-state index in [9.17, 15) is 9.59 Å². The summed E-state index contributed by atoms with van der Waals surface area (Å²) in [6, 6.07) is 16.0. The summed E-state index contributed by atoms with van der Waals surface area (Å²) < 4.78 is 6.55. The molecule has 0 atom stereocenters. The van der Waals surface area contributed by atoms with Gasteiger partial charge in [-0.05, 0) is 61.0 Å². The minimum Gasteiger partial charge on any atom is -0.451 e. The van der Waals surface area contributed by atoms with Crippen LogP contribution in [-0.2, 0) is 4.79 Å². The molecule has 152 valence electrons. The van der Waals surface area contributed by atoms with E-state index in [1.807, 2.05) is 25.1 Å². The van der Waals surface area contributed by atoms with Crippen LogP contribution < -0.4 is 10.6 Å². The van der Waals surface area contributed by atoms with Crippen LogP contribution in [0.3, 0.4) is 0 Å². The number of aromatic nitrogens is 1. The van der Waals surface area contributed by atoms with Gasteiger partial charge in [0.1, 0.15) is 5.76 Å². The van der Waals surface area contributed by atoms with Crippen LogP contribution in [0, 0.1) is 0 Å². The highest BCUT2D eigenvalue weighted by molar-refractivity contribution is 7.22. The molecule has 2 aromatic heterocycles. The fourth-order valence-corrected chi connectivity index (χ4v) is 3.93. The van der Waals surface area contributed by atoms with Gasteiger partial charge >= 0.3 is 0 Å². The van der Waals surface area contributed by atoms with E-state index in [1.54, 1.807) is 36.4 Å². The van der Waals surface area contributed by atoms with Crippen molar-refractivity contribution in [2.24, 2.45) is 0 Å². The lowest BCUT2D eigenvalue weighted by atomic mass is 10.2. The van der Waals surface area contributed by atoms with E-state index >= 15 is 0 Å². The van der Waals surface area contributed by atoms with Crippen molar-refractivity contribution in [1.82, 2.24) is 4.98 Å². The fourth-order valence-electron chi connectivity index (χ4n) is 2.89.